The first-order valence-electron chi connectivity index (χ1n) is 21.4. The van der Waals surface area contributed by atoms with Crippen LogP contribution in [-0.4, -0.2) is 135 Å². The topological polar surface area (TPSA) is 183 Å². The second-order valence-corrected chi connectivity index (χ2v) is 16.7. The van der Waals surface area contributed by atoms with Crippen molar-refractivity contribution in [2.45, 2.75) is 52.4 Å². The number of aryl methyl sites for hydroxylation is 2. The monoisotopic (exact) mass is 930 g/mol. The molecule has 1 aliphatic carbocycles. The summed E-state index contributed by atoms with van der Waals surface area (Å²) >= 11 is 2.65. The van der Waals surface area contributed by atoms with Gasteiger partial charge < -0.3 is 44.3 Å². The number of allylic oxidation sites excluding steroid dienone is 3. The van der Waals surface area contributed by atoms with Crippen LogP contribution in [0.25, 0.3) is 10.2 Å². The van der Waals surface area contributed by atoms with E-state index in [0.717, 1.165) is 28.8 Å². The zero-order valence-corrected chi connectivity index (χ0v) is 38.9. The number of hydrogen-bond acceptors (Lipinski definition) is 16. The van der Waals surface area contributed by atoms with E-state index in [1.165, 1.54) is 28.7 Å². The van der Waals surface area contributed by atoms with Gasteiger partial charge in [-0.2, -0.15) is 0 Å². The van der Waals surface area contributed by atoms with Crippen LogP contribution in [0.15, 0.2) is 52.9 Å². The first-order chi connectivity index (χ1) is 31.6. The molecule has 4 aromatic rings. The Morgan fingerprint density at radius 1 is 0.938 bits per heavy atom. The predicted octanol–water partition coefficient (Wildman–Crippen LogP) is 6.74. The number of anilines is 4. The number of nitrogens with zero attached hydrogens (tertiary/aromatic N) is 6. The van der Waals surface area contributed by atoms with E-state index < -0.39 is 11.8 Å². The average molecular weight is 931 g/mol. The highest BCUT2D eigenvalue weighted by atomic mass is 32.1. The Morgan fingerprint density at radius 3 is 2.38 bits per heavy atom. The number of fused-ring (bicyclic) bond motifs is 1. The van der Waals surface area contributed by atoms with E-state index in [2.05, 4.69) is 73.2 Å². The number of rotatable bonds is 30. The van der Waals surface area contributed by atoms with Gasteiger partial charge in [-0.05, 0) is 94.4 Å². The third-order valence-electron chi connectivity index (χ3n) is 9.04. The summed E-state index contributed by atoms with van der Waals surface area (Å²) in [5.74, 6) is 4.76. The number of amides is 1. The van der Waals surface area contributed by atoms with Gasteiger partial charge >= 0.3 is 5.97 Å². The smallest absolute Gasteiger partial charge is 0.355 e. The van der Waals surface area contributed by atoms with Crippen LogP contribution in [0.5, 0.6) is 0 Å². The van der Waals surface area contributed by atoms with Gasteiger partial charge in [0.2, 0.25) is 11.7 Å². The van der Waals surface area contributed by atoms with Crippen molar-refractivity contribution in [3.05, 3.63) is 81.2 Å². The van der Waals surface area contributed by atoms with Crippen molar-refractivity contribution in [3.8, 4) is 11.8 Å². The lowest BCUT2D eigenvalue weighted by molar-refractivity contribution is -0.122. The molecule has 0 spiro atoms. The third kappa shape index (κ3) is 17.3. The molecule has 3 aromatic heterocycles. The van der Waals surface area contributed by atoms with E-state index in [4.69, 9.17) is 23.7 Å². The number of nitrogens with one attached hydrogen (secondary N) is 2. The molecule has 0 unspecified atom stereocenters. The van der Waals surface area contributed by atoms with Crippen LogP contribution in [0.3, 0.4) is 0 Å². The molecule has 3 N–H and O–H groups in total. The van der Waals surface area contributed by atoms with Gasteiger partial charge in [-0.25, -0.2) is 19.2 Å². The summed E-state index contributed by atoms with van der Waals surface area (Å²) in [5, 5.41) is 26.4. The van der Waals surface area contributed by atoms with Gasteiger partial charge in [-0.3, -0.25) is 9.69 Å². The molecule has 3 heterocycles. The fourth-order valence-electron chi connectivity index (χ4n) is 5.81. The fourth-order valence-corrected chi connectivity index (χ4v) is 7.75. The van der Waals surface area contributed by atoms with Crippen LogP contribution < -0.4 is 15.5 Å². The Balaban J connectivity index is 1.16. The quantitative estimate of drug-likeness (QED) is 0.0284. The first kappa shape index (κ1) is 50.3. The van der Waals surface area contributed by atoms with Gasteiger partial charge in [-0.15, -0.1) is 21.5 Å². The van der Waals surface area contributed by atoms with Crippen molar-refractivity contribution in [1.82, 2.24) is 30.4 Å². The first-order valence-corrected chi connectivity index (χ1v) is 23.0. The summed E-state index contributed by atoms with van der Waals surface area (Å²) in [7, 11) is 3.78. The summed E-state index contributed by atoms with van der Waals surface area (Å²) in [6.07, 6.45) is 4.36. The van der Waals surface area contributed by atoms with E-state index in [1.807, 2.05) is 43.0 Å². The normalized spacial score (nSPS) is 12.0. The molecular formula is C46H55FN8O8S2. The van der Waals surface area contributed by atoms with Gasteiger partial charge in [0.15, 0.2) is 33.4 Å². The van der Waals surface area contributed by atoms with Crippen molar-refractivity contribution in [3.63, 3.8) is 0 Å². The number of carboxylic acids is 1. The molecule has 346 valence electrons. The molecule has 0 saturated heterocycles. The second-order valence-electron chi connectivity index (χ2n) is 14.7. The maximum atomic E-state index is 14.8. The van der Waals surface area contributed by atoms with Crippen LogP contribution in [0.4, 0.5) is 26.3 Å². The molecule has 16 nitrogen and oxygen atoms in total. The summed E-state index contributed by atoms with van der Waals surface area (Å²) in [5.41, 5.74) is 7.35. The Kier molecular flexibility index (Phi) is 21.4. The summed E-state index contributed by atoms with van der Waals surface area (Å²) in [6, 6.07) is 11.5. The van der Waals surface area contributed by atoms with Gasteiger partial charge in [0.05, 0.1) is 70.5 Å². The Hall–Kier alpha value is -5.69. The van der Waals surface area contributed by atoms with E-state index in [0.29, 0.717) is 117 Å². The highest BCUT2D eigenvalue weighted by molar-refractivity contribution is 7.22. The standard InChI is InChI=1S/C46H55FN8O8S2/c1-5-22-59-25-27-61-29-30-62-28-26-60-24-18-41(56)48-19-8-9-21-55(40-31-33(2)43(53-52-40)51-45-49-36-13-6-7-14-38(36)64-45)46-50-42(44(57)58)39(65-46)15-11-23-63-37-17-16-34(32-35(37)47)12-10-20-54(3)4/h6,13,31-32H,5,8-9,11,15,18-30H2,1-4H3,(H,48,56)(H,57,58)(H,49,51,53). The minimum Gasteiger partial charge on any atom is -0.483 e. The second kappa shape index (κ2) is 27.6. The number of carbonyl (C=O) groups excluding carboxylic acids is 1. The van der Waals surface area contributed by atoms with Crippen molar-refractivity contribution in [2.24, 2.45) is 0 Å². The van der Waals surface area contributed by atoms with Gasteiger partial charge in [-0.1, -0.05) is 36.2 Å². The van der Waals surface area contributed by atoms with E-state index in [1.54, 1.807) is 6.07 Å². The Labute approximate surface area is 387 Å². The summed E-state index contributed by atoms with van der Waals surface area (Å²) in [6.45, 7) is 9.22. The number of halogens is 1. The Morgan fingerprint density at radius 2 is 1.69 bits per heavy atom. The largest absolute Gasteiger partial charge is 0.483 e. The van der Waals surface area contributed by atoms with Gasteiger partial charge in [0.1, 0.15) is 4.70 Å². The summed E-state index contributed by atoms with van der Waals surface area (Å²) < 4.78 is 43.1. The van der Waals surface area contributed by atoms with Crippen LogP contribution in [0.2, 0.25) is 0 Å². The van der Waals surface area contributed by atoms with Gasteiger partial charge in [0.25, 0.3) is 0 Å². The molecular weight excluding hydrogens is 876 g/mol. The maximum absolute atomic E-state index is 14.8. The number of carbonyl (C=O) groups is 2. The maximum Gasteiger partial charge on any atom is 0.355 e. The number of carboxylic acid groups (broad SMARTS) is 1. The highest BCUT2D eigenvalue weighted by Crippen LogP contribution is 2.34. The molecule has 1 aliphatic rings. The molecule has 0 bridgehead atoms. The SMILES string of the molecule is CCCOCCOCCOCCOCCC(=O)NCCCCN(c1cc(C)c(Nc2nc3ccc#cc3s2)nn1)c1nc(C(=O)O)c(CCCOC2=C=C=C(C#CCN(C)C)C=C2F)s1. The lowest BCUT2D eigenvalue weighted by Crippen LogP contribution is -2.27. The zero-order chi connectivity index (χ0) is 46.2. The zero-order valence-electron chi connectivity index (χ0n) is 37.2. The number of hydrogen-bond donors (Lipinski definition) is 3. The molecule has 65 heavy (non-hydrogen) atoms. The number of ether oxygens (including phenoxy) is 5. The predicted molar refractivity (Wildman–Crippen MR) is 248 cm³/mol. The molecule has 0 fully saturated rings. The molecule has 0 saturated carbocycles. The molecule has 5 rings (SSSR count). The van der Waals surface area contributed by atoms with Crippen LogP contribution in [0, 0.1) is 30.9 Å². The van der Waals surface area contributed by atoms with Crippen molar-refractivity contribution < 1.29 is 42.8 Å². The van der Waals surface area contributed by atoms with E-state index in [9.17, 15) is 19.1 Å². The third-order valence-corrected chi connectivity index (χ3v) is 11.1. The minimum absolute atomic E-state index is 0.0860. The average Bonchev–Trinajstić information content (AvgIpc) is 3.91. The molecule has 0 radical (unpaired) electrons. The highest BCUT2D eigenvalue weighted by Gasteiger charge is 2.24. The van der Waals surface area contributed by atoms with Crippen molar-refractivity contribution in [2.75, 3.05) is 103 Å². The Bertz CT molecular complexity index is 2350. The number of aromatic nitrogens is 4. The molecule has 0 atom stereocenters. The van der Waals surface area contributed by atoms with Crippen molar-refractivity contribution >= 4 is 66.7 Å². The number of thiazole rings is 2. The van der Waals surface area contributed by atoms with E-state index >= 15 is 0 Å². The number of unbranched alkanes of at least 4 members (excludes halogenated alkanes) is 1. The van der Waals surface area contributed by atoms with E-state index in [-0.39, 0.29) is 37.0 Å². The minimum atomic E-state index is -1.18. The number of aromatic carboxylic acids is 1. The summed E-state index contributed by atoms with van der Waals surface area (Å²) in [4.78, 5) is 38.4. The van der Waals surface area contributed by atoms with Crippen LogP contribution >= 0.6 is 22.7 Å². The van der Waals surface area contributed by atoms with Crippen molar-refractivity contribution in [1.29, 1.82) is 0 Å². The van der Waals surface area contributed by atoms with Crippen LogP contribution in [-0.2, 0) is 34.9 Å². The molecule has 1 amide bonds. The van der Waals surface area contributed by atoms with Crippen LogP contribution in [0.1, 0.15) is 60.0 Å². The lowest BCUT2D eigenvalue weighted by Gasteiger charge is -2.21. The lowest BCUT2D eigenvalue weighted by atomic mass is 10.2. The van der Waals surface area contributed by atoms with Gasteiger partial charge in [0, 0.05) is 37.1 Å². The molecule has 1 aromatic carbocycles. The fraction of sp³-hybridized carbons (Fsp3) is 0.478. The molecule has 19 heteroatoms. The molecule has 0 aliphatic heterocycles.